The average Bonchev–Trinajstić information content (AvgIpc) is 2.86. The minimum Gasteiger partial charge on any atom is -0.454 e. The topological polar surface area (TPSA) is 30.5 Å². The highest BCUT2D eigenvalue weighted by molar-refractivity contribution is 6.33. The Kier molecular flexibility index (Phi) is 5.84. The number of halogens is 1. The maximum atomic E-state index is 6.26. The third kappa shape index (κ3) is 4.20. The maximum Gasteiger partial charge on any atom is 0.231 e. The number of rotatable bonds is 8. The van der Waals surface area contributed by atoms with Gasteiger partial charge in [-0.2, -0.15) is 0 Å². The molecule has 0 fully saturated rings. The second-order valence-electron chi connectivity index (χ2n) is 5.43. The fourth-order valence-electron chi connectivity index (χ4n) is 2.42. The first kappa shape index (κ1) is 15.3. The Morgan fingerprint density at radius 2 is 1.85 bits per heavy atom. The van der Waals surface area contributed by atoms with Gasteiger partial charge < -0.3 is 14.8 Å². The number of anilines is 1. The van der Waals surface area contributed by atoms with Gasteiger partial charge in [0.2, 0.25) is 6.79 Å². The van der Waals surface area contributed by atoms with Gasteiger partial charge in [-0.3, -0.25) is 0 Å². The maximum absolute atomic E-state index is 6.26. The van der Waals surface area contributed by atoms with Crippen molar-refractivity contribution in [2.45, 2.75) is 58.4 Å². The van der Waals surface area contributed by atoms with Gasteiger partial charge in [-0.05, 0) is 13.3 Å². The van der Waals surface area contributed by atoms with Crippen molar-refractivity contribution in [2.24, 2.45) is 0 Å². The van der Waals surface area contributed by atoms with Crippen molar-refractivity contribution in [3.63, 3.8) is 0 Å². The zero-order valence-electron chi connectivity index (χ0n) is 12.4. The first-order valence-electron chi connectivity index (χ1n) is 7.56. The zero-order valence-corrected chi connectivity index (χ0v) is 13.1. The highest BCUT2D eigenvalue weighted by Gasteiger charge is 2.17. The second-order valence-corrected chi connectivity index (χ2v) is 5.84. The van der Waals surface area contributed by atoms with Gasteiger partial charge in [-0.25, -0.2) is 0 Å². The van der Waals surface area contributed by atoms with Crippen molar-refractivity contribution in [1.82, 2.24) is 0 Å². The molecule has 1 unspecified atom stereocenters. The molecule has 0 bridgehead atoms. The molecular formula is C16H24ClNO2. The van der Waals surface area contributed by atoms with Crippen LogP contribution in [0.3, 0.4) is 0 Å². The molecule has 3 nitrogen and oxygen atoms in total. The molecule has 4 heteroatoms. The van der Waals surface area contributed by atoms with Crippen molar-refractivity contribution in [1.29, 1.82) is 0 Å². The van der Waals surface area contributed by atoms with Gasteiger partial charge in [-0.1, -0.05) is 50.6 Å². The lowest BCUT2D eigenvalue weighted by Gasteiger charge is -2.16. The molecule has 1 aromatic carbocycles. The molecular weight excluding hydrogens is 274 g/mol. The van der Waals surface area contributed by atoms with Crippen molar-refractivity contribution in [3.05, 3.63) is 17.2 Å². The second kappa shape index (κ2) is 7.63. The van der Waals surface area contributed by atoms with Gasteiger partial charge in [0.25, 0.3) is 0 Å². The minimum atomic E-state index is 0.280. The predicted molar refractivity (Wildman–Crippen MR) is 84.0 cm³/mol. The number of fused-ring (bicyclic) bond motifs is 1. The molecule has 0 aliphatic carbocycles. The van der Waals surface area contributed by atoms with Crippen molar-refractivity contribution >= 4 is 17.3 Å². The Morgan fingerprint density at radius 3 is 2.60 bits per heavy atom. The SMILES string of the molecule is CCCCCCCC(C)Nc1cc2c(cc1Cl)OCO2. The van der Waals surface area contributed by atoms with Crippen molar-refractivity contribution in [2.75, 3.05) is 12.1 Å². The van der Waals surface area contributed by atoms with Crippen LogP contribution in [-0.4, -0.2) is 12.8 Å². The molecule has 1 aliphatic heterocycles. The Balaban J connectivity index is 1.80. The molecule has 0 amide bonds. The van der Waals surface area contributed by atoms with E-state index in [1.807, 2.05) is 12.1 Å². The van der Waals surface area contributed by atoms with Crippen LogP contribution in [0.15, 0.2) is 12.1 Å². The molecule has 1 heterocycles. The highest BCUT2D eigenvalue weighted by atomic mass is 35.5. The number of hydrogen-bond acceptors (Lipinski definition) is 3. The molecule has 0 saturated carbocycles. The van der Waals surface area contributed by atoms with Crippen LogP contribution >= 0.6 is 11.6 Å². The van der Waals surface area contributed by atoms with E-state index in [4.69, 9.17) is 21.1 Å². The lowest BCUT2D eigenvalue weighted by molar-refractivity contribution is 0.174. The predicted octanol–water partition coefficient (Wildman–Crippen LogP) is 5.23. The highest BCUT2D eigenvalue weighted by Crippen LogP contribution is 2.39. The van der Waals surface area contributed by atoms with Gasteiger partial charge in [0.1, 0.15) is 0 Å². The van der Waals surface area contributed by atoms with E-state index in [1.54, 1.807) is 0 Å². The summed E-state index contributed by atoms with van der Waals surface area (Å²) < 4.78 is 10.7. The van der Waals surface area contributed by atoms with Crippen molar-refractivity contribution in [3.8, 4) is 11.5 Å². The zero-order chi connectivity index (χ0) is 14.4. The Morgan fingerprint density at radius 1 is 1.15 bits per heavy atom. The van der Waals surface area contributed by atoms with E-state index in [0.29, 0.717) is 11.1 Å². The molecule has 20 heavy (non-hydrogen) atoms. The normalized spacial score (nSPS) is 14.3. The van der Waals surface area contributed by atoms with Crippen LogP contribution in [0.25, 0.3) is 0 Å². The van der Waals surface area contributed by atoms with Crippen LogP contribution in [0.4, 0.5) is 5.69 Å². The van der Waals surface area contributed by atoms with E-state index in [0.717, 1.165) is 23.6 Å². The van der Waals surface area contributed by atoms with Crippen LogP contribution in [0.2, 0.25) is 5.02 Å². The van der Waals surface area contributed by atoms with Crippen LogP contribution in [0, 0.1) is 0 Å². The third-order valence-corrected chi connectivity index (χ3v) is 3.92. The molecule has 0 aromatic heterocycles. The number of nitrogens with one attached hydrogen (secondary N) is 1. The number of hydrogen-bond donors (Lipinski definition) is 1. The Hall–Kier alpha value is -1.09. The quantitative estimate of drug-likeness (QED) is 0.666. The smallest absolute Gasteiger partial charge is 0.231 e. The van der Waals surface area contributed by atoms with E-state index in [2.05, 4.69) is 19.2 Å². The fraction of sp³-hybridized carbons (Fsp3) is 0.625. The van der Waals surface area contributed by atoms with E-state index >= 15 is 0 Å². The summed E-state index contributed by atoms with van der Waals surface area (Å²) in [7, 11) is 0. The summed E-state index contributed by atoms with van der Waals surface area (Å²) in [4.78, 5) is 0. The summed E-state index contributed by atoms with van der Waals surface area (Å²) in [6, 6.07) is 4.16. The van der Waals surface area contributed by atoms with Gasteiger partial charge in [0, 0.05) is 18.2 Å². The molecule has 1 atom stereocenters. The largest absolute Gasteiger partial charge is 0.454 e. The average molecular weight is 298 g/mol. The molecule has 0 spiro atoms. The third-order valence-electron chi connectivity index (χ3n) is 3.60. The summed E-state index contributed by atoms with van der Waals surface area (Å²) in [5, 5.41) is 4.15. The van der Waals surface area contributed by atoms with Crippen LogP contribution < -0.4 is 14.8 Å². The van der Waals surface area contributed by atoms with E-state index in [-0.39, 0.29) is 6.79 Å². The summed E-state index contributed by atoms with van der Waals surface area (Å²) in [5.41, 5.74) is 0.928. The Bertz CT molecular complexity index is 437. The molecule has 1 aliphatic rings. The Labute approximate surface area is 126 Å². The van der Waals surface area contributed by atoms with Gasteiger partial charge in [-0.15, -0.1) is 0 Å². The van der Waals surface area contributed by atoms with Gasteiger partial charge in [0.05, 0.1) is 10.7 Å². The van der Waals surface area contributed by atoms with Gasteiger partial charge >= 0.3 is 0 Å². The lowest BCUT2D eigenvalue weighted by Crippen LogP contribution is -2.15. The molecule has 2 rings (SSSR count). The molecule has 1 N–H and O–H groups in total. The summed E-state index contributed by atoms with van der Waals surface area (Å²) in [5.74, 6) is 1.50. The molecule has 1 aromatic rings. The van der Waals surface area contributed by atoms with E-state index in [1.165, 1.54) is 32.1 Å². The molecule has 112 valence electrons. The summed E-state index contributed by atoms with van der Waals surface area (Å²) in [6.45, 7) is 4.72. The fourth-order valence-corrected chi connectivity index (χ4v) is 2.63. The molecule has 0 saturated heterocycles. The first-order valence-corrected chi connectivity index (χ1v) is 7.94. The van der Waals surface area contributed by atoms with Gasteiger partial charge in [0.15, 0.2) is 11.5 Å². The summed E-state index contributed by atoms with van der Waals surface area (Å²) in [6.07, 6.45) is 7.71. The van der Waals surface area contributed by atoms with E-state index in [9.17, 15) is 0 Å². The first-order chi connectivity index (χ1) is 9.70. The standard InChI is InChI=1S/C16H24ClNO2/c1-3-4-5-6-7-8-12(2)18-14-10-16-15(9-13(14)17)19-11-20-16/h9-10,12,18H,3-8,11H2,1-2H3. The van der Waals surface area contributed by atoms with Crippen molar-refractivity contribution < 1.29 is 9.47 Å². The number of ether oxygens (including phenoxy) is 2. The van der Waals surface area contributed by atoms with Crippen LogP contribution in [0.5, 0.6) is 11.5 Å². The molecule has 0 radical (unpaired) electrons. The van der Waals surface area contributed by atoms with E-state index < -0.39 is 0 Å². The summed E-state index contributed by atoms with van der Waals surface area (Å²) >= 11 is 6.26. The number of unbranched alkanes of at least 4 members (excludes halogenated alkanes) is 4. The number of benzene rings is 1. The lowest BCUT2D eigenvalue weighted by atomic mass is 10.1. The van der Waals surface area contributed by atoms with Crippen LogP contribution in [-0.2, 0) is 0 Å². The van der Waals surface area contributed by atoms with Crippen LogP contribution in [0.1, 0.15) is 52.4 Å². The monoisotopic (exact) mass is 297 g/mol. The minimum absolute atomic E-state index is 0.280.